The highest BCUT2D eigenvalue weighted by Gasteiger charge is 2.62. The highest BCUT2D eigenvalue weighted by Crippen LogP contribution is 2.46. The fraction of sp³-hybridized carbons (Fsp3) is 0.583. The summed E-state index contributed by atoms with van der Waals surface area (Å²) in [7, 11) is -3.89. The van der Waals surface area contributed by atoms with Gasteiger partial charge in [0.2, 0.25) is 21.8 Å². The second-order valence-corrected chi connectivity index (χ2v) is 16.4. The van der Waals surface area contributed by atoms with Crippen molar-refractivity contribution in [2.24, 2.45) is 15.9 Å². The summed E-state index contributed by atoms with van der Waals surface area (Å²) in [5.41, 5.74) is -0.0363. The number of hydrogen-bond acceptors (Lipinski definition) is 12. The van der Waals surface area contributed by atoms with Crippen LogP contribution >= 0.6 is 0 Å². The van der Waals surface area contributed by atoms with Gasteiger partial charge in [-0.05, 0) is 57.1 Å². The Kier molecular flexibility index (Phi) is 10.6. The van der Waals surface area contributed by atoms with Gasteiger partial charge in [-0.2, -0.15) is 0 Å². The summed E-state index contributed by atoms with van der Waals surface area (Å²) in [6.07, 6.45) is 8.13. The number of aromatic nitrogens is 2. The first-order chi connectivity index (χ1) is 25.5. The van der Waals surface area contributed by atoms with E-state index >= 15 is 0 Å². The molecule has 2 saturated carbocycles. The highest BCUT2D eigenvalue weighted by atomic mass is 32.2. The van der Waals surface area contributed by atoms with Crippen LogP contribution < -0.4 is 20.1 Å². The van der Waals surface area contributed by atoms with E-state index in [4.69, 9.17) is 4.74 Å². The van der Waals surface area contributed by atoms with Crippen LogP contribution in [-0.2, 0) is 30.8 Å². The topological polar surface area (TPSA) is 205 Å². The summed E-state index contributed by atoms with van der Waals surface area (Å²) in [6, 6.07) is 2.22. The minimum Gasteiger partial charge on any atom is -0.472 e. The monoisotopic (exact) mass is 752 g/mol. The van der Waals surface area contributed by atoms with Gasteiger partial charge >= 0.3 is 0 Å². The molecular weight excluding hydrogens is 708 g/mol. The number of carbonyl (C=O) groups excluding carboxylic acids is 3. The zero-order valence-electron chi connectivity index (χ0n) is 29.5. The summed E-state index contributed by atoms with van der Waals surface area (Å²) in [5.74, 6) is -2.63. The van der Waals surface area contributed by atoms with Crippen molar-refractivity contribution in [3.8, 4) is 5.88 Å². The molecule has 3 aliphatic heterocycles. The number of sulfonamides is 1. The SMILES string of the molecule is CCc1nc2ccc(F)cc2nc1OC1CC2C(=O)NC3(C(=O)NS(=O)(=O)C4CC4)CC3C=CCCCCCC(NC(=O)C3=NCCN=C3)C(O)N2C1. The van der Waals surface area contributed by atoms with E-state index in [-0.39, 0.29) is 31.0 Å². The quantitative estimate of drug-likeness (QED) is 0.286. The van der Waals surface area contributed by atoms with Crippen LogP contribution in [0.2, 0.25) is 0 Å². The second kappa shape index (κ2) is 15.2. The number of nitrogens with zero attached hydrogens (tertiary/aromatic N) is 5. The Bertz CT molecular complexity index is 1970. The maximum atomic E-state index is 14.4. The first-order valence-electron chi connectivity index (χ1n) is 18.4. The number of halogens is 1. The molecule has 53 heavy (non-hydrogen) atoms. The van der Waals surface area contributed by atoms with Gasteiger partial charge in [0.05, 0.1) is 47.7 Å². The average Bonchev–Trinajstić information content (AvgIpc) is 4.07. The maximum Gasteiger partial charge on any atom is 0.271 e. The molecule has 7 rings (SSSR count). The Morgan fingerprint density at radius 3 is 2.72 bits per heavy atom. The van der Waals surface area contributed by atoms with Crippen LogP contribution in [-0.4, -0.2) is 113 Å². The van der Waals surface area contributed by atoms with Gasteiger partial charge in [0.25, 0.3) is 11.8 Å². The van der Waals surface area contributed by atoms with Crippen LogP contribution in [0.1, 0.15) is 70.4 Å². The van der Waals surface area contributed by atoms with Gasteiger partial charge in [-0.25, -0.2) is 22.8 Å². The molecule has 5 aliphatic rings. The van der Waals surface area contributed by atoms with Gasteiger partial charge in [0.15, 0.2) is 0 Å². The van der Waals surface area contributed by atoms with E-state index in [1.165, 1.54) is 24.4 Å². The largest absolute Gasteiger partial charge is 0.472 e. The zero-order valence-corrected chi connectivity index (χ0v) is 30.4. The number of aliphatic hydroxyl groups is 1. The number of rotatable bonds is 8. The van der Waals surface area contributed by atoms with Crippen LogP contribution in [0.3, 0.4) is 0 Å². The summed E-state index contributed by atoms with van der Waals surface area (Å²) in [5, 5.41) is 17.2. The molecule has 3 fully saturated rings. The number of carbonyl (C=O) groups is 3. The van der Waals surface area contributed by atoms with Crippen molar-refractivity contribution in [3.63, 3.8) is 0 Å². The third-order valence-electron chi connectivity index (χ3n) is 10.6. The van der Waals surface area contributed by atoms with E-state index in [0.29, 0.717) is 68.3 Å². The number of nitrogens with one attached hydrogen (secondary N) is 3. The number of benzene rings is 1. The van der Waals surface area contributed by atoms with Crippen molar-refractivity contribution in [1.82, 2.24) is 30.2 Å². The number of aliphatic imine (C=N–C) groups is 2. The number of allylic oxidation sites excluding steroid dienone is 1. The molecule has 0 spiro atoms. The Hall–Kier alpha value is -4.35. The molecule has 15 nitrogen and oxygen atoms in total. The summed E-state index contributed by atoms with van der Waals surface area (Å²) in [6.45, 7) is 2.76. The van der Waals surface area contributed by atoms with Crippen LogP contribution in [0.5, 0.6) is 5.88 Å². The molecule has 6 atom stereocenters. The number of ether oxygens (including phenoxy) is 1. The maximum absolute atomic E-state index is 14.4. The molecule has 3 amide bonds. The first-order valence-corrected chi connectivity index (χ1v) is 20.0. The second-order valence-electron chi connectivity index (χ2n) is 14.5. The van der Waals surface area contributed by atoms with Gasteiger partial charge < -0.3 is 20.5 Å². The van der Waals surface area contributed by atoms with Gasteiger partial charge in [-0.1, -0.05) is 31.9 Å². The predicted octanol–water partition coefficient (Wildman–Crippen LogP) is 1.49. The lowest BCUT2D eigenvalue weighted by Crippen LogP contribution is -2.60. The standard InChI is InChI=1S/C36H45FN8O7S/c1-2-25-33(42-28-16-22(37)10-13-26(28)40-25)52-23-17-30-32(47)43-36(35(49)44-53(50,51)24-11-12-24)18-21(36)8-6-4-3-5-7-9-27(34(48)45(30)20-23)41-31(46)29-19-38-14-15-39-29/h6,8,10,13,16,19,21,23-24,27,30,34,48H,2-5,7,9,11-12,14-15,17-18,20H2,1H3,(H,41,46)(H,43,47)(H,44,49). The Morgan fingerprint density at radius 1 is 1.13 bits per heavy atom. The van der Waals surface area contributed by atoms with Gasteiger partial charge in [0, 0.05) is 24.9 Å². The lowest BCUT2D eigenvalue weighted by molar-refractivity contribution is -0.135. The molecule has 2 aromatic rings. The molecule has 1 aromatic carbocycles. The first kappa shape index (κ1) is 37.0. The van der Waals surface area contributed by atoms with E-state index in [1.807, 2.05) is 19.1 Å². The molecule has 6 unspecified atom stereocenters. The van der Waals surface area contributed by atoms with Crippen molar-refractivity contribution in [3.05, 3.63) is 41.9 Å². The number of fused-ring (bicyclic) bond motifs is 3. The molecular formula is C36H45FN8O7S. The Balaban J connectivity index is 1.20. The van der Waals surface area contributed by atoms with Crippen LogP contribution in [0.25, 0.3) is 11.0 Å². The summed E-state index contributed by atoms with van der Waals surface area (Å²) < 4.78 is 48.4. The molecule has 2 aliphatic carbocycles. The van der Waals surface area contributed by atoms with Crippen molar-refractivity contribution in [2.45, 2.75) is 106 Å². The Labute approximate surface area is 307 Å². The zero-order chi connectivity index (χ0) is 37.3. The highest BCUT2D eigenvalue weighted by molar-refractivity contribution is 7.91. The molecule has 1 aromatic heterocycles. The minimum absolute atomic E-state index is 0.0264. The van der Waals surface area contributed by atoms with E-state index in [2.05, 4.69) is 35.3 Å². The fourth-order valence-electron chi connectivity index (χ4n) is 7.34. The fourth-order valence-corrected chi connectivity index (χ4v) is 8.70. The van der Waals surface area contributed by atoms with E-state index in [1.54, 1.807) is 4.90 Å². The minimum atomic E-state index is -3.89. The van der Waals surface area contributed by atoms with Crippen molar-refractivity contribution < 1.29 is 37.0 Å². The molecule has 284 valence electrons. The number of hydrogen-bond donors (Lipinski definition) is 4. The Morgan fingerprint density at radius 2 is 1.96 bits per heavy atom. The third kappa shape index (κ3) is 8.11. The van der Waals surface area contributed by atoms with Gasteiger partial charge in [0.1, 0.15) is 35.1 Å². The number of aliphatic hydroxyl groups excluding tert-OH is 1. The third-order valence-corrected chi connectivity index (χ3v) is 12.4. The van der Waals surface area contributed by atoms with Gasteiger partial charge in [-0.15, -0.1) is 0 Å². The molecule has 4 N–H and O–H groups in total. The molecule has 4 heterocycles. The lowest BCUT2D eigenvalue weighted by Gasteiger charge is -2.35. The summed E-state index contributed by atoms with van der Waals surface area (Å²) in [4.78, 5) is 60.5. The van der Waals surface area contributed by atoms with E-state index < -0.39 is 74.7 Å². The molecule has 1 saturated heterocycles. The number of aryl methyl sites for hydroxylation is 1. The molecule has 0 radical (unpaired) electrons. The predicted molar refractivity (Wildman–Crippen MR) is 193 cm³/mol. The summed E-state index contributed by atoms with van der Waals surface area (Å²) >= 11 is 0. The van der Waals surface area contributed by atoms with Gasteiger partial charge in [-0.3, -0.25) is 34.0 Å². The molecule has 0 bridgehead atoms. The lowest BCUT2D eigenvalue weighted by atomic mass is 10.0. The van der Waals surface area contributed by atoms with Crippen molar-refractivity contribution in [1.29, 1.82) is 0 Å². The van der Waals surface area contributed by atoms with E-state index in [0.717, 1.165) is 12.8 Å². The normalized spacial score (nSPS) is 29.5. The van der Waals surface area contributed by atoms with Crippen LogP contribution in [0.4, 0.5) is 4.39 Å². The van der Waals surface area contributed by atoms with Crippen molar-refractivity contribution >= 4 is 50.7 Å². The number of amides is 3. The van der Waals surface area contributed by atoms with Crippen LogP contribution in [0.15, 0.2) is 40.3 Å². The molecule has 17 heteroatoms. The van der Waals surface area contributed by atoms with Crippen LogP contribution in [0, 0.1) is 11.7 Å². The van der Waals surface area contributed by atoms with E-state index in [9.17, 15) is 32.3 Å². The average molecular weight is 753 g/mol. The van der Waals surface area contributed by atoms with Crippen molar-refractivity contribution in [2.75, 3.05) is 19.6 Å². The smallest absolute Gasteiger partial charge is 0.271 e.